The highest BCUT2D eigenvalue weighted by atomic mass is 79.9. The maximum absolute atomic E-state index is 9.16. The molecule has 1 aromatic rings. The van der Waals surface area contributed by atoms with E-state index in [9.17, 15) is 0 Å². The first-order chi connectivity index (χ1) is 7.04. The number of hydrogen-bond donors (Lipinski definition) is 1. The lowest BCUT2D eigenvalue weighted by molar-refractivity contribution is 0.245. The van der Waals surface area contributed by atoms with Crippen molar-refractivity contribution in [2.75, 3.05) is 7.11 Å². The largest absolute Gasteiger partial charge is 0.495 e. The molecule has 1 N–H and O–H groups in total. The molecule has 1 aromatic carbocycles. The van der Waals surface area contributed by atoms with E-state index in [0.717, 1.165) is 20.3 Å². The molecule has 0 saturated heterocycles. The predicted octanol–water partition coefficient (Wildman–Crippen LogP) is 3.61. The Kier molecular flexibility index (Phi) is 4.83. The van der Waals surface area contributed by atoms with Crippen LogP contribution in [0.2, 0.25) is 0 Å². The van der Waals surface area contributed by atoms with Crippen molar-refractivity contribution in [2.45, 2.75) is 13.0 Å². The Morgan fingerprint density at radius 2 is 2.07 bits per heavy atom. The normalized spacial score (nSPS) is 13.1. The molecule has 0 aliphatic rings. The Bertz CT molecular complexity index is 373. The van der Waals surface area contributed by atoms with Crippen LogP contribution in [0, 0.1) is 0 Å². The Balaban J connectivity index is 3.14. The monoisotopic (exact) mass is 334 g/mol. The Labute approximate surface area is 106 Å². The standard InChI is InChI=1S/C11H12Br2O2/c1-7(14)3-4-8-5-9(12)6-10(13)11(8)15-2/h3-7,14H,1-2H3/b4-3+. The molecule has 15 heavy (non-hydrogen) atoms. The zero-order chi connectivity index (χ0) is 11.4. The molecule has 2 nitrogen and oxygen atoms in total. The minimum absolute atomic E-state index is 0.465. The van der Waals surface area contributed by atoms with Crippen LogP contribution in [0.1, 0.15) is 12.5 Å². The summed E-state index contributed by atoms with van der Waals surface area (Å²) in [5.74, 6) is 0.759. The SMILES string of the molecule is COc1c(Br)cc(Br)cc1/C=C/C(C)O. The van der Waals surface area contributed by atoms with Gasteiger partial charge in [-0.2, -0.15) is 0 Å². The molecule has 0 aliphatic heterocycles. The van der Waals surface area contributed by atoms with Gasteiger partial charge in [0.2, 0.25) is 0 Å². The van der Waals surface area contributed by atoms with Crippen molar-refractivity contribution in [3.8, 4) is 5.75 Å². The number of aliphatic hydroxyl groups is 1. The first-order valence-electron chi connectivity index (χ1n) is 4.44. The third-order valence-electron chi connectivity index (χ3n) is 1.80. The van der Waals surface area contributed by atoms with Gasteiger partial charge in [0.1, 0.15) is 5.75 Å². The summed E-state index contributed by atoms with van der Waals surface area (Å²) in [6.45, 7) is 1.70. The van der Waals surface area contributed by atoms with Gasteiger partial charge in [0, 0.05) is 10.0 Å². The first-order valence-corrected chi connectivity index (χ1v) is 6.02. The lowest BCUT2D eigenvalue weighted by Gasteiger charge is -2.08. The van der Waals surface area contributed by atoms with Crippen LogP contribution in [0.5, 0.6) is 5.75 Å². The van der Waals surface area contributed by atoms with Gasteiger partial charge in [-0.1, -0.05) is 28.1 Å². The van der Waals surface area contributed by atoms with Gasteiger partial charge in [-0.05, 0) is 35.0 Å². The number of halogens is 2. The van der Waals surface area contributed by atoms with E-state index in [1.165, 1.54) is 0 Å². The lowest BCUT2D eigenvalue weighted by Crippen LogP contribution is -1.93. The highest BCUT2D eigenvalue weighted by Gasteiger charge is 2.06. The van der Waals surface area contributed by atoms with Crippen molar-refractivity contribution >= 4 is 37.9 Å². The molecule has 82 valence electrons. The number of methoxy groups -OCH3 is 1. The Hall–Kier alpha value is -0.320. The summed E-state index contributed by atoms with van der Waals surface area (Å²) >= 11 is 6.82. The molecule has 0 amide bonds. The molecule has 4 heteroatoms. The van der Waals surface area contributed by atoms with E-state index in [1.54, 1.807) is 20.1 Å². The molecule has 0 bridgehead atoms. The van der Waals surface area contributed by atoms with Gasteiger partial charge in [-0.25, -0.2) is 0 Å². The van der Waals surface area contributed by atoms with Gasteiger partial charge in [0.15, 0.2) is 0 Å². The first kappa shape index (κ1) is 12.7. The van der Waals surface area contributed by atoms with Gasteiger partial charge >= 0.3 is 0 Å². The van der Waals surface area contributed by atoms with Crippen LogP contribution in [0.4, 0.5) is 0 Å². The van der Waals surface area contributed by atoms with E-state index in [-0.39, 0.29) is 0 Å². The molecule has 0 fully saturated rings. The van der Waals surface area contributed by atoms with Gasteiger partial charge in [-0.3, -0.25) is 0 Å². The summed E-state index contributed by atoms with van der Waals surface area (Å²) in [5, 5.41) is 9.16. The van der Waals surface area contributed by atoms with Crippen LogP contribution in [-0.2, 0) is 0 Å². The number of rotatable bonds is 3. The molecular weight excluding hydrogens is 324 g/mol. The third-order valence-corrected chi connectivity index (χ3v) is 2.84. The van der Waals surface area contributed by atoms with Crippen LogP contribution in [0.25, 0.3) is 6.08 Å². The van der Waals surface area contributed by atoms with E-state index in [4.69, 9.17) is 9.84 Å². The molecule has 0 aromatic heterocycles. The average molecular weight is 336 g/mol. The van der Waals surface area contributed by atoms with Crippen LogP contribution in [-0.4, -0.2) is 18.3 Å². The molecular formula is C11H12Br2O2. The quantitative estimate of drug-likeness (QED) is 0.914. The Morgan fingerprint density at radius 3 is 2.60 bits per heavy atom. The summed E-state index contributed by atoms with van der Waals surface area (Å²) in [4.78, 5) is 0. The molecule has 1 rings (SSSR count). The van der Waals surface area contributed by atoms with Crippen molar-refractivity contribution in [1.29, 1.82) is 0 Å². The highest BCUT2D eigenvalue weighted by Crippen LogP contribution is 2.33. The zero-order valence-electron chi connectivity index (χ0n) is 8.50. The van der Waals surface area contributed by atoms with Crippen LogP contribution in [0.15, 0.2) is 27.2 Å². The molecule has 1 unspecified atom stereocenters. The number of benzene rings is 1. The van der Waals surface area contributed by atoms with E-state index in [1.807, 2.05) is 18.2 Å². The van der Waals surface area contributed by atoms with Crippen LogP contribution in [0.3, 0.4) is 0 Å². The Morgan fingerprint density at radius 1 is 1.40 bits per heavy atom. The second-order valence-electron chi connectivity index (χ2n) is 3.11. The number of hydrogen-bond acceptors (Lipinski definition) is 2. The third kappa shape index (κ3) is 3.63. The van der Waals surface area contributed by atoms with E-state index < -0.39 is 6.10 Å². The molecule has 0 radical (unpaired) electrons. The van der Waals surface area contributed by atoms with E-state index >= 15 is 0 Å². The molecule has 1 atom stereocenters. The maximum Gasteiger partial charge on any atom is 0.140 e. The van der Waals surface area contributed by atoms with Gasteiger partial charge in [-0.15, -0.1) is 0 Å². The van der Waals surface area contributed by atoms with Gasteiger partial charge < -0.3 is 9.84 Å². The van der Waals surface area contributed by atoms with Crippen molar-refractivity contribution in [2.24, 2.45) is 0 Å². The van der Waals surface area contributed by atoms with Crippen molar-refractivity contribution < 1.29 is 9.84 Å². The van der Waals surface area contributed by atoms with Crippen molar-refractivity contribution in [3.63, 3.8) is 0 Å². The smallest absolute Gasteiger partial charge is 0.140 e. The molecule has 0 aliphatic carbocycles. The summed E-state index contributed by atoms with van der Waals surface area (Å²) in [6, 6.07) is 3.85. The average Bonchev–Trinajstić information content (AvgIpc) is 2.13. The highest BCUT2D eigenvalue weighted by molar-refractivity contribution is 9.11. The van der Waals surface area contributed by atoms with E-state index in [2.05, 4.69) is 31.9 Å². The van der Waals surface area contributed by atoms with Crippen molar-refractivity contribution in [1.82, 2.24) is 0 Å². The molecule has 0 spiro atoms. The van der Waals surface area contributed by atoms with Crippen LogP contribution >= 0.6 is 31.9 Å². The summed E-state index contributed by atoms with van der Waals surface area (Å²) in [6.07, 6.45) is 3.07. The second-order valence-corrected chi connectivity index (χ2v) is 4.88. The predicted molar refractivity (Wildman–Crippen MR) is 69.1 cm³/mol. The lowest BCUT2D eigenvalue weighted by atomic mass is 10.1. The molecule has 0 saturated carbocycles. The summed E-state index contributed by atoms with van der Waals surface area (Å²) in [7, 11) is 1.62. The molecule has 0 heterocycles. The topological polar surface area (TPSA) is 29.5 Å². The van der Waals surface area contributed by atoms with Gasteiger partial charge in [0.25, 0.3) is 0 Å². The number of ether oxygens (including phenoxy) is 1. The van der Waals surface area contributed by atoms with Crippen LogP contribution < -0.4 is 4.74 Å². The van der Waals surface area contributed by atoms with Crippen molar-refractivity contribution in [3.05, 3.63) is 32.7 Å². The fraction of sp³-hybridized carbons (Fsp3) is 0.273. The van der Waals surface area contributed by atoms with Gasteiger partial charge in [0.05, 0.1) is 17.7 Å². The summed E-state index contributed by atoms with van der Waals surface area (Å²) in [5.41, 5.74) is 0.916. The second kappa shape index (κ2) is 5.68. The van der Waals surface area contributed by atoms with E-state index in [0.29, 0.717) is 0 Å². The fourth-order valence-corrected chi connectivity index (χ4v) is 2.58. The summed E-state index contributed by atoms with van der Waals surface area (Å²) < 4.78 is 7.10. The maximum atomic E-state index is 9.16. The fourth-order valence-electron chi connectivity index (χ4n) is 1.16. The minimum atomic E-state index is -0.465. The zero-order valence-corrected chi connectivity index (χ0v) is 11.7. The number of aliphatic hydroxyl groups excluding tert-OH is 1. The minimum Gasteiger partial charge on any atom is -0.495 e.